The molecule has 114 valence electrons. The van der Waals surface area contributed by atoms with Gasteiger partial charge in [-0.15, -0.1) is 0 Å². The lowest BCUT2D eigenvalue weighted by Gasteiger charge is -2.19. The van der Waals surface area contributed by atoms with Gasteiger partial charge in [-0.05, 0) is 37.0 Å². The van der Waals surface area contributed by atoms with E-state index in [2.05, 4.69) is 35.7 Å². The fourth-order valence-corrected chi connectivity index (χ4v) is 3.21. The Hall–Kier alpha value is -1.82. The van der Waals surface area contributed by atoms with Crippen LogP contribution in [0.5, 0.6) is 0 Å². The van der Waals surface area contributed by atoms with E-state index in [1.54, 1.807) is 26.0 Å². The Morgan fingerprint density at radius 3 is 2.10 bits per heavy atom. The number of aromatic amines is 1. The molecule has 0 radical (unpaired) electrons. The molecule has 2 N–H and O–H groups in total. The third-order valence-corrected chi connectivity index (χ3v) is 4.76. The Balaban J connectivity index is 2.32. The number of rotatable bonds is 3. The number of hydrogen-bond acceptors (Lipinski definition) is 3. The van der Waals surface area contributed by atoms with Gasteiger partial charge in [-0.3, -0.25) is 9.82 Å². The Morgan fingerprint density at radius 2 is 1.67 bits per heavy atom. The molecule has 0 saturated carbocycles. The molecule has 2 aromatic rings. The summed E-state index contributed by atoms with van der Waals surface area (Å²) in [4.78, 5) is 0.246. The van der Waals surface area contributed by atoms with Crippen molar-refractivity contribution in [2.24, 2.45) is 0 Å². The molecule has 0 amide bonds. The van der Waals surface area contributed by atoms with Gasteiger partial charge in [0, 0.05) is 0 Å². The van der Waals surface area contributed by atoms with Crippen LogP contribution in [0, 0.1) is 13.8 Å². The van der Waals surface area contributed by atoms with Gasteiger partial charge >= 0.3 is 0 Å². The van der Waals surface area contributed by atoms with E-state index in [4.69, 9.17) is 0 Å². The van der Waals surface area contributed by atoms with Crippen molar-refractivity contribution in [3.63, 3.8) is 0 Å². The average molecular weight is 307 g/mol. The van der Waals surface area contributed by atoms with E-state index in [9.17, 15) is 8.42 Å². The second-order valence-electron chi connectivity index (χ2n) is 6.19. The van der Waals surface area contributed by atoms with Crippen LogP contribution in [0.2, 0.25) is 0 Å². The summed E-state index contributed by atoms with van der Waals surface area (Å²) < 4.78 is 27.4. The molecule has 0 atom stereocenters. The highest BCUT2D eigenvalue weighted by atomic mass is 32.2. The second kappa shape index (κ2) is 5.18. The zero-order valence-electron chi connectivity index (χ0n) is 13.0. The van der Waals surface area contributed by atoms with Gasteiger partial charge in [-0.1, -0.05) is 32.9 Å². The zero-order valence-corrected chi connectivity index (χ0v) is 13.8. The first-order valence-corrected chi connectivity index (χ1v) is 8.24. The number of nitrogens with one attached hydrogen (secondary N) is 2. The van der Waals surface area contributed by atoms with E-state index < -0.39 is 10.0 Å². The summed E-state index contributed by atoms with van der Waals surface area (Å²) in [6.07, 6.45) is 0. The van der Waals surface area contributed by atoms with E-state index >= 15 is 0 Å². The predicted molar refractivity (Wildman–Crippen MR) is 84.0 cm³/mol. The number of anilines is 1. The summed E-state index contributed by atoms with van der Waals surface area (Å²) in [5, 5.41) is 6.75. The number of sulfonamides is 1. The van der Waals surface area contributed by atoms with Crippen molar-refractivity contribution in [3.05, 3.63) is 41.2 Å². The van der Waals surface area contributed by atoms with Crippen molar-refractivity contribution in [1.82, 2.24) is 10.2 Å². The van der Waals surface area contributed by atoms with Gasteiger partial charge in [0.25, 0.3) is 10.0 Å². The molecule has 5 nitrogen and oxygen atoms in total. The van der Waals surface area contributed by atoms with Crippen LogP contribution >= 0.6 is 0 Å². The van der Waals surface area contributed by atoms with E-state index in [1.807, 2.05) is 12.1 Å². The van der Waals surface area contributed by atoms with Crippen LogP contribution in [-0.2, 0) is 15.4 Å². The maximum absolute atomic E-state index is 12.4. The van der Waals surface area contributed by atoms with Gasteiger partial charge in [0.1, 0.15) is 0 Å². The van der Waals surface area contributed by atoms with Crippen molar-refractivity contribution in [3.8, 4) is 0 Å². The number of nitrogens with zero attached hydrogens (tertiary/aromatic N) is 1. The van der Waals surface area contributed by atoms with E-state index in [0.29, 0.717) is 17.1 Å². The Kier molecular flexibility index (Phi) is 3.84. The van der Waals surface area contributed by atoms with Crippen molar-refractivity contribution in [2.75, 3.05) is 4.72 Å². The van der Waals surface area contributed by atoms with Crippen molar-refractivity contribution in [1.29, 1.82) is 0 Å². The highest BCUT2D eigenvalue weighted by molar-refractivity contribution is 7.92. The lowest BCUT2D eigenvalue weighted by molar-refractivity contribution is 0.587. The molecule has 0 aliphatic heterocycles. The van der Waals surface area contributed by atoms with Gasteiger partial charge in [-0.25, -0.2) is 8.42 Å². The minimum Gasteiger partial charge on any atom is -0.280 e. The molecule has 6 heteroatoms. The summed E-state index contributed by atoms with van der Waals surface area (Å²) in [6, 6.07) is 6.97. The van der Waals surface area contributed by atoms with Crippen LogP contribution in [0.25, 0.3) is 0 Å². The smallest absolute Gasteiger partial charge is 0.262 e. The molecule has 0 aliphatic carbocycles. The third kappa shape index (κ3) is 3.26. The minimum atomic E-state index is -3.60. The SMILES string of the molecule is Cc1n[nH]c(C)c1NS(=O)(=O)c1ccc(C(C)(C)C)cc1. The zero-order chi connectivity index (χ0) is 15.8. The summed E-state index contributed by atoms with van der Waals surface area (Å²) >= 11 is 0. The van der Waals surface area contributed by atoms with Gasteiger partial charge in [0.05, 0.1) is 22.0 Å². The maximum Gasteiger partial charge on any atom is 0.262 e. The highest BCUT2D eigenvalue weighted by Crippen LogP contribution is 2.25. The van der Waals surface area contributed by atoms with Crippen LogP contribution in [0.15, 0.2) is 29.2 Å². The molecule has 1 aromatic heterocycles. The molecule has 1 heterocycles. The van der Waals surface area contributed by atoms with Crippen molar-refractivity contribution >= 4 is 15.7 Å². The molecule has 21 heavy (non-hydrogen) atoms. The second-order valence-corrected chi connectivity index (χ2v) is 7.87. The average Bonchev–Trinajstić information content (AvgIpc) is 2.69. The fourth-order valence-electron chi connectivity index (χ4n) is 2.03. The molecule has 0 fully saturated rings. The van der Waals surface area contributed by atoms with Crippen molar-refractivity contribution in [2.45, 2.75) is 44.9 Å². The van der Waals surface area contributed by atoms with Crippen LogP contribution < -0.4 is 4.72 Å². The molecule has 0 spiro atoms. The monoisotopic (exact) mass is 307 g/mol. The van der Waals surface area contributed by atoms with E-state index in [-0.39, 0.29) is 10.3 Å². The molecular weight excluding hydrogens is 286 g/mol. The van der Waals surface area contributed by atoms with Gasteiger partial charge in [0.15, 0.2) is 0 Å². The first-order chi connectivity index (χ1) is 9.61. The Bertz CT molecular complexity index is 719. The lowest BCUT2D eigenvalue weighted by Crippen LogP contribution is -2.15. The summed E-state index contributed by atoms with van der Waals surface area (Å²) in [5.41, 5.74) is 2.92. The molecule has 1 aromatic carbocycles. The normalized spacial score (nSPS) is 12.4. The number of H-pyrrole nitrogens is 1. The van der Waals surface area contributed by atoms with Gasteiger partial charge < -0.3 is 0 Å². The number of aryl methyl sites for hydroxylation is 2. The summed E-state index contributed by atoms with van der Waals surface area (Å²) in [6.45, 7) is 9.80. The first kappa shape index (κ1) is 15.6. The summed E-state index contributed by atoms with van der Waals surface area (Å²) in [5.74, 6) is 0. The lowest BCUT2D eigenvalue weighted by atomic mass is 9.87. The fraction of sp³-hybridized carbons (Fsp3) is 0.400. The highest BCUT2D eigenvalue weighted by Gasteiger charge is 2.19. The third-order valence-electron chi connectivity index (χ3n) is 3.40. The Morgan fingerprint density at radius 1 is 1.10 bits per heavy atom. The van der Waals surface area contributed by atoms with Gasteiger partial charge in [0.2, 0.25) is 0 Å². The molecule has 2 rings (SSSR count). The maximum atomic E-state index is 12.4. The largest absolute Gasteiger partial charge is 0.280 e. The first-order valence-electron chi connectivity index (χ1n) is 6.76. The number of aromatic nitrogens is 2. The predicted octanol–water partition coefficient (Wildman–Crippen LogP) is 3.12. The number of benzene rings is 1. The summed E-state index contributed by atoms with van der Waals surface area (Å²) in [7, 11) is -3.60. The molecule has 0 unspecified atom stereocenters. The van der Waals surface area contributed by atoms with Crippen LogP contribution in [0.3, 0.4) is 0 Å². The van der Waals surface area contributed by atoms with E-state index in [0.717, 1.165) is 5.56 Å². The van der Waals surface area contributed by atoms with Crippen LogP contribution in [-0.4, -0.2) is 18.6 Å². The molecule has 0 saturated heterocycles. The van der Waals surface area contributed by atoms with Crippen LogP contribution in [0.4, 0.5) is 5.69 Å². The molecule has 0 aliphatic rings. The topological polar surface area (TPSA) is 74.8 Å². The molecular formula is C15H21N3O2S. The Labute approximate surface area is 125 Å². The van der Waals surface area contributed by atoms with Crippen LogP contribution in [0.1, 0.15) is 37.7 Å². The molecule has 0 bridgehead atoms. The standard InChI is InChI=1S/C15H21N3O2S/c1-10-14(11(2)17-16-10)18-21(19,20)13-8-6-12(7-9-13)15(3,4)5/h6-9,18H,1-5H3,(H,16,17). The van der Waals surface area contributed by atoms with E-state index in [1.165, 1.54) is 0 Å². The quantitative estimate of drug-likeness (QED) is 0.915. The number of hydrogen-bond donors (Lipinski definition) is 2. The minimum absolute atomic E-state index is 0.00649. The van der Waals surface area contributed by atoms with Gasteiger partial charge in [-0.2, -0.15) is 5.10 Å². The van der Waals surface area contributed by atoms with Crippen molar-refractivity contribution < 1.29 is 8.42 Å².